The molecule has 0 radical (unpaired) electrons. The van der Waals surface area contributed by atoms with Gasteiger partial charge in [0.15, 0.2) is 5.82 Å². The molecule has 0 aliphatic heterocycles. The van der Waals surface area contributed by atoms with E-state index >= 15 is 0 Å². The summed E-state index contributed by atoms with van der Waals surface area (Å²) in [5, 5.41) is 19.4. The first-order valence-electron chi connectivity index (χ1n) is 9.08. The van der Waals surface area contributed by atoms with Crippen LogP contribution in [0.15, 0.2) is 24.5 Å². The standard InChI is InChI=1S/C19H26N6O/c1-5-16(26)11-25-18(12-24-14(4)17(6-2)13(3)22-24)21-19(23-25)15-7-9-20-10-8-15/h7-10,16,26H,5-6,11-12H2,1-4H3/t16-/m1/s1. The number of aryl methyl sites for hydroxylation is 1. The van der Waals surface area contributed by atoms with E-state index < -0.39 is 6.10 Å². The van der Waals surface area contributed by atoms with E-state index in [1.807, 2.05) is 30.7 Å². The fourth-order valence-corrected chi connectivity index (χ4v) is 3.12. The number of pyridine rings is 1. The fraction of sp³-hybridized carbons (Fsp3) is 0.474. The maximum absolute atomic E-state index is 10.1. The van der Waals surface area contributed by atoms with Crippen molar-refractivity contribution in [3.8, 4) is 11.4 Å². The van der Waals surface area contributed by atoms with Gasteiger partial charge in [0, 0.05) is 23.7 Å². The Bertz CT molecular complexity index is 868. The number of aliphatic hydroxyl groups is 1. The Hall–Kier alpha value is -2.54. The van der Waals surface area contributed by atoms with Crippen LogP contribution in [0.2, 0.25) is 0 Å². The summed E-state index contributed by atoms with van der Waals surface area (Å²) in [5.41, 5.74) is 4.40. The quantitative estimate of drug-likeness (QED) is 0.705. The van der Waals surface area contributed by atoms with Gasteiger partial charge in [-0.2, -0.15) is 10.2 Å². The van der Waals surface area contributed by atoms with E-state index in [2.05, 4.69) is 29.0 Å². The van der Waals surface area contributed by atoms with E-state index in [0.717, 1.165) is 29.2 Å². The highest BCUT2D eigenvalue weighted by Gasteiger charge is 2.17. The lowest BCUT2D eigenvalue weighted by Gasteiger charge is -2.11. The predicted octanol–water partition coefficient (Wildman–Crippen LogP) is 2.54. The highest BCUT2D eigenvalue weighted by atomic mass is 16.3. The number of hydrogen-bond acceptors (Lipinski definition) is 5. The number of hydrogen-bond donors (Lipinski definition) is 1. The third-order valence-corrected chi connectivity index (χ3v) is 4.72. The largest absolute Gasteiger partial charge is 0.391 e. The highest BCUT2D eigenvalue weighted by molar-refractivity contribution is 5.53. The van der Waals surface area contributed by atoms with E-state index in [1.165, 1.54) is 5.56 Å². The molecule has 1 atom stereocenters. The van der Waals surface area contributed by atoms with Crippen LogP contribution in [0, 0.1) is 13.8 Å². The van der Waals surface area contributed by atoms with Crippen molar-refractivity contribution in [1.29, 1.82) is 0 Å². The lowest BCUT2D eigenvalue weighted by molar-refractivity contribution is 0.143. The van der Waals surface area contributed by atoms with E-state index in [1.54, 1.807) is 17.1 Å². The van der Waals surface area contributed by atoms with Crippen molar-refractivity contribution in [1.82, 2.24) is 29.5 Å². The first-order valence-corrected chi connectivity index (χ1v) is 9.08. The number of nitrogens with zero attached hydrogens (tertiary/aromatic N) is 6. The number of aliphatic hydroxyl groups excluding tert-OH is 1. The van der Waals surface area contributed by atoms with Gasteiger partial charge in [0.1, 0.15) is 12.4 Å². The van der Waals surface area contributed by atoms with Crippen molar-refractivity contribution >= 4 is 0 Å². The first kappa shape index (κ1) is 18.3. The molecule has 3 heterocycles. The summed E-state index contributed by atoms with van der Waals surface area (Å²) in [6.07, 6.45) is 4.63. The predicted molar refractivity (Wildman–Crippen MR) is 99.7 cm³/mol. The highest BCUT2D eigenvalue weighted by Crippen LogP contribution is 2.18. The van der Waals surface area contributed by atoms with Gasteiger partial charge in [0.2, 0.25) is 0 Å². The Morgan fingerprint density at radius 1 is 1.08 bits per heavy atom. The summed E-state index contributed by atoms with van der Waals surface area (Å²) in [5.74, 6) is 1.43. The molecule has 0 aliphatic rings. The lowest BCUT2D eigenvalue weighted by atomic mass is 10.1. The van der Waals surface area contributed by atoms with Crippen LogP contribution in [-0.2, 0) is 19.5 Å². The van der Waals surface area contributed by atoms with E-state index in [9.17, 15) is 5.11 Å². The number of rotatable bonds is 7. The topological polar surface area (TPSA) is 81.7 Å². The zero-order valence-electron chi connectivity index (χ0n) is 15.8. The van der Waals surface area contributed by atoms with Crippen LogP contribution in [0.3, 0.4) is 0 Å². The van der Waals surface area contributed by atoms with Crippen molar-refractivity contribution in [2.24, 2.45) is 0 Å². The molecule has 0 aliphatic carbocycles. The Morgan fingerprint density at radius 2 is 1.81 bits per heavy atom. The third kappa shape index (κ3) is 3.67. The van der Waals surface area contributed by atoms with Crippen LogP contribution in [0.1, 0.15) is 43.0 Å². The molecule has 3 aromatic heterocycles. The monoisotopic (exact) mass is 354 g/mol. The second-order valence-electron chi connectivity index (χ2n) is 6.49. The van der Waals surface area contributed by atoms with Gasteiger partial charge < -0.3 is 5.11 Å². The molecule has 1 N–H and O–H groups in total. The molecule has 3 aromatic rings. The summed E-state index contributed by atoms with van der Waals surface area (Å²) in [6, 6.07) is 3.77. The molecule has 0 aromatic carbocycles. The minimum Gasteiger partial charge on any atom is -0.391 e. The summed E-state index contributed by atoms with van der Waals surface area (Å²) < 4.78 is 3.77. The molecule has 0 unspecified atom stereocenters. The molecule has 0 fully saturated rings. The van der Waals surface area contributed by atoms with E-state index in [0.29, 0.717) is 25.3 Å². The molecule has 7 heteroatoms. The zero-order chi connectivity index (χ0) is 18.7. The van der Waals surface area contributed by atoms with E-state index in [4.69, 9.17) is 4.98 Å². The summed E-state index contributed by atoms with van der Waals surface area (Å²) >= 11 is 0. The third-order valence-electron chi connectivity index (χ3n) is 4.72. The second kappa shape index (κ2) is 7.78. The van der Waals surface area contributed by atoms with Gasteiger partial charge in [-0.05, 0) is 44.4 Å². The second-order valence-corrected chi connectivity index (χ2v) is 6.49. The average molecular weight is 354 g/mol. The molecular weight excluding hydrogens is 328 g/mol. The molecule has 0 amide bonds. The van der Waals surface area contributed by atoms with Gasteiger partial charge in [-0.1, -0.05) is 13.8 Å². The Balaban J connectivity index is 1.97. The van der Waals surface area contributed by atoms with Crippen molar-refractivity contribution in [2.45, 2.75) is 59.7 Å². The van der Waals surface area contributed by atoms with Crippen LogP contribution in [0.5, 0.6) is 0 Å². The van der Waals surface area contributed by atoms with Crippen LogP contribution in [0.25, 0.3) is 11.4 Å². The molecular formula is C19H26N6O. The molecule has 0 bridgehead atoms. The van der Waals surface area contributed by atoms with Crippen molar-refractivity contribution in [2.75, 3.05) is 0 Å². The maximum atomic E-state index is 10.1. The van der Waals surface area contributed by atoms with Gasteiger partial charge in [0.25, 0.3) is 0 Å². The average Bonchev–Trinajstić information content (AvgIpc) is 3.16. The minimum absolute atomic E-state index is 0.420. The normalized spacial score (nSPS) is 12.5. The molecule has 0 saturated heterocycles. The summed E-state index contributed by atoms with van der Waals surface area (Å²) in [7, 11) is 0. The SMILES string of the molecule is CCc1c(C)nn(Cc2nc(-c3ccncc3)nn2C[C@H](O)CC)c1C. The smallest absolute Gasteiger partial charge is 0.181 e. The van der Waals surface area contributed by atoms with Gasteiger partial charge in [-0.25, -0.2) is 9.67 Å². The van der Waals surface area contributed by atoms with Crippen molar-refractivity contribution in [3.63, 3.8) is 0 Å². The molecule has 7 nitrogen and oxygen atoms in total. The Morgan fingerprint density at radius 3 is 2.42 bits per heavy atom. The van der Waals surface area contributed by atoms with Gasteiger partial charge >= 0.3 is 0 Å². The molecule has 3 rings (SSSR count). The maximum Gasteiger partial charge on any atom is 0.181 e. The molecule has 0 spiro atoms. The lowest BCUT2D eigenvalue weighted by Crippen LogP contribution is -2.19. The summed E-state index contributed by atoms with van der Waals surface area (Å²) in [4.78, 5) is 8.77. The van der Waals surface area contributed by atoms with Crippen molar-refractivity contribution in [3.05, 3.63) is 47.3 Å². The summed E-state index contributed by atoms with van der Waals surface area (Å²) in [6.45, 7) is 9.17. The molecule has 138 valence electrons. The first-order chi connectivity index (χ1) is 12.5. The van der Waals surface area contributed by atoms with Gasteiger partial charge in [-0.15, -0.1) is 0 Å². The minimum atomic E-state index is -0.451. The molecule has 26 heavy (non-hydrogen) atoms. The van der Waals surface area contributed by atoms with Gasteiger partial charge in [-0.3, -0.25) is 9.67 Å². The van der Waals surface area contributed by atoms with Crippen molar-refractivity contribution < 1.29 is 5.11 Å². The van der Waals surface area contributed by atoms with Crippen LogP contribution < -0.4 is 0 Å². The van der Waals surface area contributed by atoms with Crippen LogP contribution in [0.4, 0.5) is 0 Å². The number of aromatic nitrogens is 6. The Kier molecular flexibility index (Phi) is 5.46. The van der Waals surface area contributed by atoms with E-state index in [-0.39, 0.29) is 0 Å². The van der Waals surface area contributed by atoms with Crippen LogP contribution in [-0.4, -0.2) is 40.7 Å². The zero-order valence-corrected chi connectivity index (χ0v) is 15.8. The van der Waals surface area contributed by atoms with Gasteiger partial charge in [0.05, 0.1) is 18.3 Å². The Labute approximate surface area is 153 Å². The fourth-order valence-electron chi connectivity index (χ4n) is 3.12. The molecule has 0 saturated carbocycles. The van der Waals surface area contributed by atoms with Crippen LogP contribution >= 0.6 is 0 Å².